The van der Waals surface area contributed by atoms with Crippen LogP contribution in [0.1, 0.15) is 162 Å². The van der Waals surface area contributed by atoms with Gasteiger partial charge in [0.05, 0.1) is 0 Å². The minimum absolute atomic E-state index is 0.944. The molecule has 1 nitrogen and oxygen atoms in total. The van der Waals surface area contributed by atoms with E-state index in [0.717, 1.165) is 19.6 Å². The summed E-state index contributed by atoms with van der Waals surface area (Å²) in [6, 6.07) is 0. The van der Waals surface area contributed by atoms with Gasteiger partial charge in [0.2, 0.25) is 0 Å². The third kappa shape index (κ3) is 26.0. The molecule has 0 fully saturated rings. The maximum absolute atomic E-state index is 5.53. The fraction of sp³-hybridized carbons (Fsp3) is 1.00. The van der Waals surface area contributed by atoms with E-state index >= 15 is 0 Å². The van der Waals surface area contributed by atoms with Crippen LogP contribution in [0.5, 0.6) is 0 Å². The molecule has 0 rings (SSSR count). The third-order valence-corrected chi connectivity index (χ3v) is 5.99. The molecule has 0 aliphatic rings. The van der Waals surface area contributed by atoms with E-state index in [1.165, 1.54) is 141 Å². The van der Waals surface area contributed by atoms with Crippen LogP contribution in [-0.2, 0) is 4.74 Å². The average molecular weight is 397 g/mol. The Balaban J connectivity index is 2.96. The van der Waals surface area contributed by atoms with Crippen LogP contribution in [0, 0.1) is 0 Å². The molecular formula is C27H56O. The van der Waals surface area contributed by atoms with Crippen molar-refractivity contribution in [3.8, 4) is 0 Å². The Morgan fingerprint density at radius 1 is 0.286 bits per heavy atom. The van der Waals surface area contributed by atoms with Gasteiger partial charge in [-0.1, -0.05) is 149 Å². The third-order valence-electron chi connectivity index (χ3n) is 5.99. The first-order valence-corrected chi connectivity index (χ1v) is 13.5. The summed E-state index contributed by atoms with van der Waals surface area (Å²) in [5.74, 6) is 0. The second-order valence-corrected chi connectivity index (χ2v) is 9.04. The van der Waals surface area contributed by atoms with Crippen LogP contribution in [0.4, 0.5) is 0 Å². The molecule has 0 aliphatic heterocycles. The predicted octanol–water partition coefficient (Wildman–Crippen LogP) is 10.0. The minimum atomic E-state index is 0.944. The maximum atomic E-state index is 5.53. The van der Waals surface area contributed by atoms with Gasteiger partial charge in [0.15, 0.2) is 0 Å². The SMILES string of the molecule is CCCCCCCCCCCCCCCCCCCCCCCCOCCC. The lowest BCUT2D eigenvalue weighted by Crippen LogP contribution is -1.95. The number of hydrogen-bond donors (Lipinski definition) is 0. The molecule has 0 unspecified atom stereocenters. The lowest BCUT2D eigenvalue weighted by molar-refractivity contribution is 0.130. The summed E-state index contributed by atoms with van der Waals surface area (Å²) in [5.41, 5.74) is 0. The summed E-state index contributed by atoms with van der Waals surface area (Å²) < 4.78 is 5.53. The Morgan fingerprint density at radius 3 is 0.857 bits per heavy atom. The molecule has 0 aliphatic carbocycles. The van der Waals surface area contributed by atoms with E-state index < -0.39 is 0 Å². The summed E-state index contributed by atoms with van der Waals surface area (Å²) in [7, 11) is 0. The van der Waals surface area contributed by atoms with Crippen LogP contribution in [0.25, 0.3) is 0 Å². The summed E-state index contributed by atoms with van der Waals surface area (Å²) >= 11 is 0. The van der Waals surface area contributed by atoms with E-state index in [1.54, 1.807) is 0 Å². The van der Waals surface area contributed by atoms with Crippen molar-refractivity contribution in [2.24, 2.45) is 0 Å². The summed E-state index contributed by atoms with van der Waals surface area (Å²) in [6.45, 7) is 6.40. The van der Waals surface area contributed by atoms with Crippen molar-refractivity contribution >= 4 is 0 Å². The zero-order chi connectivity index (χ0) is 20.4. The van der Waals surface area contributed by atoms with Gasteiger partial charge in [0, 0.05) is 13.2 Å². The second kappa shape index (κ2) is 27.0. The Bertz CT molecular complexity index is 225. The van der Waals surface area contributed by atoms with Crippen molar-refractivity contribution in [3.05, 3.63) is 0 Å². The van der Waals surface area contributed by atoms with Crippen LogP contribution in [0.3, 0.4) is 0 Å². The van der Waals surface area contributed by atoms with Gasteiger partial charge in [0.25, 0.3) is 0 Å². The molecular weight excluding hydrogens is 340 g/mol. The molecule has 1 heteroatoms. The first-order chi connectivity index (χ1) is 13.9. The molecule has 0 spiro atoms. The zero-order valence-electron chi connectivity index (χ0n) is 20.1. The van der Waals surface area contributed by atoms with E-state index in [0.29, 0.717) is 0 Å². The van der Waals surface area contributed by atoms with Crippen LogP contribution in [0.2, 0.25) is 0 Å². The maximum Gasteiger partial charge on any atom is 0.0466 e. The summed E-state index contributed by atoms with van der Waals surface area (Å²) in [5, 5.41) is 0. The Hall–Kier alpha value is -0.0400. The zero-order valence-corrected chi connectivity index (χ0v) is 20.1. The molecule has 0 amide bonds. The fourth-order valence-electron chi connectivity index (χ4n) is 4.06. The number of ether oxygens (including phenoxy) is 1. The van der Waals surface area contributed by atoms with Crippen molar-refractivity contribution in [2.75, 3.05) is 13.2 Å². The summed E-state index contributed by atoms with van der Waals surface area (Å²) in [6.07, 6.45) is 33.1. The topological polar surface area (TPSA) is 9.23 Å². The van der Waals surface area contributed by atoms with Gasteiger partial charge >= 0.3 is 0 Å². The molecule has 0 bridgehead atoms. The normalized spacial score (nSPS) is 11.4. The standard InChI is InChI=1S/C27H56O/c1-3-5-6-7-8-9-10-11-12-13-14-15-16-17-18-19-20-21-22-23-24-25-27-28-26-4-2/h3-27H2,1-2H3. The largest absolute Gasteiger partial charge is 0.381 e. The van der Waals surface area contributed by atoms with Crippen molar-refractivity contribution in [2.45, 2.75) is 162 Å². The van der Waals surface area contributed by atoms with Crippen LogP contribution in [0.15, 0.2) is 0 Å². The van der Waals surface area contributed by atoms with Gasteiger partial charge in [-0.25, -0.2) is 0 Å². The van der Waals surface area contributed by atoms with E-state index in [4.69, 9.17) is 4.74 Å². The highest BCUT2D eigenvalue weighted by atomic mass is 16.5. The van der Waals surface area contributed by atoms with Gasteiger partial charge in [-0.2, -0.15) is 0 Å². The number of rotatable bonds is 25. The van der Waals surface area contributed by atoms with Gasteiger partial charge in [-0.3, -0.25) is 0 Å². The molecule has 0 saturated heterocycles. The van der Waals surface area contributed by atoms with Gasteiger partial charge < -0.3 is 4.74 Å². The smallest absolute Gasteiger partial charge is 0.0466 e. The first kappa shape index (κ1) is 28.0. The van der Waals surface area contributed by atoms with Gasteiger partial charge in [0.1, 0.15) is 0 Å². The van der Waals surface area contributed by atoms with E-state index in [-0.39, 0.29) is 0 Å². The van der Waals surface area contributed by atoms with E-state index in [9.17, 15) is 0 Å². The van der Waals surface area contributed by atoms with Crippen molar-refractivity contribution in [1.82, 2.24) is 0 Å². The Morgan fingerprint density at radius 2 is 0.571 bits per heavy atom. The highest BCUT2D eigenvalue weighted by Crippen LogP contribution is 2.15. The van der Waals surface area contributed by atoms with Gasteiger partial charge in [-0.15, -0.1) is 0 Å². The van der Waals surface area contributed by atoms with Crippen molar-refractivity contribution < 1.29 is 4.74 Å². The second-order valence-electron chi connectivity index (χ2n) is 9.04. The van der Waals surface area contributed by atoms with Crippen LogP contribution >= 0.6 is 0 Å². The van der Waals surface area contributed by atoms with Crippen molar-refractivity contribution in [3.63, 3.8) is 0 Å². The number of hydrogen-bond acceptors (Lipinski definition) is 1. The molecule has 0 saturated carbocycles. The highest BCUT2D eigenvalue weighted by Gasteiger charge is 1.96. The fourth-order valence-corrected chi connectivity index (χ4v) is 4.06. The molecule has 0 N–H and O–H groups in total. The van der Waals surface area contributed by atoms with Crippen LogP contribution in [-0.4, -0.2) is 13.2 Å². The molecule has 0 aromatic rings. The molecule has 0 aromatic heterocycles. The minimum Gasteiger partial charge on any atom is -0.381 e. The molecule has 0 atom stereocenters. The summed E-state index contributed by atoms with van der Waals surface area (Å²) in [4.78, 5) is 0. The monoisotopic (exact) mass is 396 g/mol. The average Bonchev–Trinajstić information content (AvgIpc) is 2.71. The molecule has 28 heavy (non-hydrogen) atoms. The Labute approximate surface area is 179 Å². The lowest BCUT2D eigenvalue weighted by atomic mass is 10.0. The highest BCUT2D eigenvalue weighted by molar-refractivity contribution is 4.51. The van der Waals surface area contributed by atoms with Gasteiger partial charge in [-0.05, 0) is 12.8 Å². The molecule has 0 aromatic carbocycles. The van der Waals surface area contributed by atoms with Crippen molar-refractivity contribution in [1.29, 1.82) is 0 Å². The van der Waals surface area contributed by atoms with Crippen LogP contribution < -0.4 is 0 Å². The first-order valence-electron chi connectivity index (χ1n) is 13.5. The lowest BCUT2D eigenvalue weighted by Gasteiger charge is -2.04. The predicted molar refractivity (Wildman–Crippen MR) is 128 cm³/mol. The Kier molecular flexibility index (Phi) is 26.9. The number of unbranched alkanes of at least 4 members (excludes halogenated alkanes) is 21. The van der Waals surface area contributed by atoms with E-state index in [2.05, 4.69) is 13.8 Å². The molecule has 170 valence electrons. The van der Waals surface area contributed by atoms with E-state index in [1.807, 2.05) is 0 Å². The molecule has 0 radical (unpaired) electrons. The quantitative estimate of drug-likeness (QED) is 0.139. The molecule has 0 heterocycles.